The van der Waals surface area contributed by atoms with Crippen LogP contribution >= 0.6 is 23.8 Å². The van der Waals surface area contributed by atoms with Gasteiger partial charge in [0.25, 0.3) is 0 Å². The van der Waals surface area contributed by atoms with E-state index in [0.717, 1.165) is 0 Å². The minimum Gasteiger partial charge on any atom is -0.486 e. The van der Waals surface area contributed by atoms with Crippen molar-refractivity contribution in [2.45, 2.75) is 26.4 Å². The lowest BCUT2D eigenvalue weighted by molar-refractivity contribution is 0.290. The van der Waals surface area contributed by atoms with Crippen molar-refractivity contribution < 1.29 is 9.13 Å². The lowest BCUT2D eigenvalue weighted by atomic mass is 10.0. The Labute approximate surface area is 166 Å². The van der Waals surface area contributed by atoms with E-state index in [1.165, 1.54) is 28.6 Å². The zero-order valence-electron chi connectivity index (χ0n) is 14.8. The highest BCUT2D eigenvalue weighted by molar-refractivity contribution is 7.71. The van der Waals surface area contributed by atoms with Crippen molar-refractivity contribution >= 4 is 30.0 Å². The molecule has 0 atom stereocenters. The summed E-state index contributed by atoms with van der Waals surface area (Å²) >= 11 is 11.2. The highest BCUT2D eigenvalue weighted by Gasteiger charge is 2.08. The van der Waals surface area contributed by atoms with Gasteiger partial charge in [-0.05, 0) is 48.0 Å². The van der Waals surface area contributed by atoms with Crippen molar-refractivity contribution in [2.75, 3.05) is 0 Å². The van der Waals surface area contributed by atoms with Crippen molar-refractivity contribution in [3.05, 3.63) is 75.0 Å². The largest absolute Gasteiger partial charge is 0.486 e. The van der Waals surface area contributed by atoms with E-state index < -0.39 is 5.82 Å². The summed E-state index contributed by atoms with van der Waals surface area (Å²) in [7, 11) is 0. The Hall–Kier alpha value is -2.51. The second-order valence-corrected chi connectivity index (χ2v) is 6.94. The molecule has 0 aliphatic rings. The summed E-state index contributed by atoms with van der Waals surface area (Å²) in [4.78, 5) is 0. The number of benzene rings is 2. The molecule has 27 heavy (non-hydrogen) atoms. The average molecular weight is 405 g/mol. The zero-order valence-corrected chi connectivity index (χ0v) is 16.4. The Kier molecular flexibility index (Phi) is 6.03. The number of nitrogens with one attached hydrogen (secondary N) is 1. The molecule has 3 aromatic rings. The van der Waals surface area contributed by atoms with Crippen LogP contribution in [0.3, 0.4) is 0 Å². The smallest absolute Gasteiger partial charge is 0.216 e. The van der Waals surface area contributed by atoms with E-state index in [2.05, 4.69) is 29.1 Å². The lowest BCUT2D eigenvalue weighted by Crippen LogP contribution is -2.04. The van der Waals surface area contributed by atoms with Crippen LogP contribution in [-0.4, -0.2) is 21.1 Å². The van der Waals surface area contributed by atoms with Crippen LogP contribution in [0.25, 0.3) is 0 Å². The third-order valence-electron chi connectivity index (χ3n) is 3.93. The average Bonchev–Trinajstić information content (AvgIpc) is 3.00. The highest BCUT2D eigenvalue weighted by atomic mass is 35.5. The Morgan fingerprint density at radius 1 is 1.30 bits per heavy atom. The fourth-order valence-electron chi connectivity index (χ4n) is 2.38. The van der Waals surface area contributed by atoms with Crippen LogP contribution in [0.5, 0.6) is 5.75 Å². The molecule has 140 valence electrons. The Morgan fingerprint density at radius 2 is 2.04 bits per heavy atom. The van der Waals surface area contributed by atoms with Crippen molar-refractivity contribution in [1.82, 2.24) is 14.9 Å². The number of halogens is 2. The maximum atomic E-state index is 13.9. The first-order valence-electron chi connectivity index (χ1n) is 8.33. The molecular weight excluding hydrogens is 387 g/mol. The van der Waals surface area contributed by atoms with Crippen LogP contribution < -0.4 is 4.74 Å². The fourth-order valence-corrected chi connectivity index (χ4v) is 2.79. The first-order valence-corrected chi connectivity index (χ1v) is 9.11. The number of rotatable bonds is 6. The van der Waals surface area contributed by atoms with Gasteiger partial charge in [-0.3, -0.25) is 0 Å². The molecule has 0 spiro atoms. The molecule has 5 nitrogen and oxygen atoms in total. The van der Waals surface area contributed by atoms with Gasteiger partial charge in [0.15, 0.2) is 5.82 Å². The van der Waals surface area contributed by atoms with Crippen LogP contribution in [0.15, 0.2) is 47.6 Å². The molecule has 0 aliphatic carbocycles. The van der Waals surface area contributed by atoms with E-state index in [0.29, 0.717) is 17.5 Å². The first kappa shape index (κ1) is 19.3. The number of aromatic amines is 1. The standard InChI is InChI=1S/C19H18ClFN4OS/c1-12(2)13-6-8-14(9-7-13)26-11-18-23-24-19(27)25(18)22-10-15-16(20)4-3-5-17(15)21/h3-10,12H,11H2,1-2H3,(H,24,27). The van der Waals surface area contributed by atoms with Crippen molar-refractivity contribution in [3.63, 3.8) is 0 Å². The van der Waals surface area contributed by atoms with Gasteiger partial charge in [-0.1, -0.05) is 43.6 Å². The summed E-state index contributed by atoms with van der Waals surface area (Å²) in [5.41, 5.74) is 1.41. The van der Waals surface area contributed by atoms with Crippen LogP contribution in [0, 0.1) is 10.6 Å². The molecule has 1 aromatic heterocycles. The van der Waals surface area contributed by atoms with Gasteiger partial charge >= 0.3 is 0 Å². The Balaban J connectivity index is 1.77. The summed E-state index contributed by atoms with van der Waals surface area (Å²) in [6, 6.07) is 12.3. The van der Waals surface area contributed by atoms with E-state index in [1.807, 2.05) is 24.3 Å². The molecule has 0 unspecified atom stereocenters. The van der Waals surface area contributed by atoms with Crippen LogP contribution in [0.4, 0.5) is 4.39 Å². The van der Waals surface area contributed by atoms with Gasteiger partial charge in [-0.2, -0.15) is 14.9 Å². The summed E-state index contributed by atoms with van der Waals surface area (Å²) in [6.45, 7) is 4.41. The molecule has 0 amide bonds. The van der Waals surface area contributed by atoms with Gasteiger partial charge in [0.05, 0.1) is 11.2 Å². The molecule has 0 saturated carbocycles. The molecule has 0 radical (unpaired) electrons. The fraction of sp³-hybridized carbons (Fsp3) is 0.211. The van der Waals surface area contributed by atoms with E-state index in [-0.39, 0.29) is 22.0 Å². The van der Waals surface area contributed by atoms with E-state index in [1.54, 1.807) is 6.07 Å². The second kappa shape index (κ2) is 8.45. The third-order valence-corrected chi connectivity index (χ3v) is 4.53. The number of aromatic nitrogens is 3. The predicted molar refractivity (Wildman–Crippen MR) is 107 cm³/mol. The quantitative estimate of drug-likeness (QED) is 0.447. The Bertz CT molecular complexity index is 991. The Morgan fingerprint density at radius 3 is 2.70 bits per heavy atom. The molecular formula is C19H18ClFN4OS. The number of hydrogen-bond acceptors (Lipinski definition) is 4. The number of H-pyrrole nitrogens is 1. The van der Waals surface area contributed by atoms with Crippen LogP contribution in [-0.2, 0) is 6.61 Å². The van der Waals surface area contributed by atoms with E-state index in [9.17, 15) is 4.39 Å². The normalized spacial score (nSPS) is 11.4. The molecule has 0 saturated heterocycles. The van der Waals surface area contributed by atoms with Crippen molar-refractivity contribution in [2.24, 2.45) is 5.10 Å². The number of nitrogens with zero attached hydrogens (tertiary/aromatic N) is 3. The molecule has 0 fully saturated rings. The summed E-state index contributed by atoms with van der Waals surface area (Å²) < 4.78 is 21.3. The first-order chi connectivity index (χ1) is 13.0. The van der Waals surface area contributed by atoms with Gasteiger partial charge < -0.3 is 4.74 Å². The summed E-state index contributed by atoms with van der Waals surface area (Å²) in [5, 5.41) is 11.2. The van der Waals surface area contributed by atoms with Gasteiger partial charge in [0.1, 0.15) is 18.2 Å². The molecule has 1 heterocycles. The van der Waals surface area contributed by atoms with Crippen LogP contribution in [0.1, 0.15) is 36.7 Å². The molecule has 0 bridgehead atoms. The van der Waals surface area contributed by atoms with E-state index in [4.69, 9.17) is 28.6 Å². The monoisotopic (exact) mass is 404 g/mol. The molecule has 8 heteroatoms. The molecule has 1 N–H and O–H groups in total. The molecule has 0 aliphatic heterocycles. The topological polar surface area (TPSA) is 55.2 Å². The minimum atomic E-state index is -0.468. The SMILES string of the molecule is CC(C)c1ccc(OCc2n[nH]c(=S)n2N=Cc2c(F)cccc2Cl)cc1. The maximum Gasteiger partial charge on any atom is 0.216 e. The van der Waals surface area contributed by atoms with Gasteiger partial charge in [0, 0.05) is 5.56 Å². The van der Waals surface area contributed by atoms with Crippen molar-refractivity contribution in [3.8, 4) is 5.75 Å². The van der Waals surface area contributed by atoms with Gasteiger partial charge in [0.2, 0.25) is 4.77 Å². The highest BCUT2D eigenvalue weighted by Crippen LogP contribution is 2.20. The molecule has 3 rings (SSSR count). The van der Waals surface area contributed by atoms with E-state index >= 15 is 0 Å². The lowest BCUT2D eigenvalue weighted by Gasteiger charge is -2.08. The van der Waals surface area contributed by atoms with Gasteiger partial charge in [-0.15, -0.1) is 0 Å². The summed E-state index contributed by atoms with van der Waals surface area (Å²) in [5.74, 6) is 1.15. The van der Waals surface area contributed by atoms with Crippen LogP contribution in [0.2, 0.25) is 5.02 Å². The zero-order chi connectivity index (χ0) is 19.4. The van der Waals surface area contributed by atoms with Gasteiger partial charge in [-0.25, -0.2) is 9.49 Å². The second-order valence-electron chi connectivity index (χ2n) is 6.15. The van der Waals surface area contributed by atoms with Crippen molar-refractivity contribution in [1.29, 1.82) is 0 Å². The molecule has 2 aromatic carbocycles. The predicted octanol–water partition coefficient (Wildman–Crippen LogP) is 5.32. The minimum absolute atomic E-state index is 0.149. The maximum absolute atomic E-state index is 13.9. The summed E-state index contributed by atoms with van der Waals surface area (Å²) in [6.07, 6.45) is 1.31. The number of ether oxygens (including phenoxy) is 1. The third kappa shape index (κ3) is 4.61. The number of hydrogen-bond donors (Lipinski definition) is 1.